The summed E-state index contributed by atoms with van der Waals surface area (Å²) in [6.07, 6.45) is 4.94. The maximum atomic E-state index is 11.9. The van der Waals surface area contributed by atoms with Crippen molar-refractivity contribution in [3.8, 4) is 5.95 Å². The molecule has 0 aliphatic carbocycles. The zero-order valence-corrected chi connectivity index (χ0v) is 10.9. The lowest BCUT2D eigenvalue weighted by atomic mass is 10.3. The van der Waals surface area contributed by atoms with Crippen LogP contribution in [0.25, 0.3) is 16.2 Å². The molecular weight excluding hydrogens is 264 g/mol. The average molecular weight is 274 g/mol. The van der Waals surface area contributed by atoms with Crippen LogP contribution in [0.1, 0.15) is 17.4 Å². The van der Waals surface area contributed by atoms with Gasteiger partial charge in [0.2, 0.25) is 5.95 Å². The Kier molecular flexibility index (Phi) is 2.96. The van der Waals surface area contributed by atoms with Gasteiger partial charge in [-0.15, -0.1) is 11.3 Å². The summed E-state index contributed by atoms with van der Waals surface area (Å²) in [5.41, 5.74) is 1.03. The summed E-state index contributed by atoms with van der Waals surface area (Å²) in [6, 6.07) is 1.85. The zero-order valence-electron chi connectivity index (χ0n) is 10.1. The van der Waals surface area contributed by atoms with E-state index in [0.717, 1.165) is 10.2 Å². The molecule has 0 aliphatic rings. The quantitative estimate of drug-likeness (QED) is 0.684. The summed E-state index contributed by atoms with van der Waals surface area (Å²) in [5.74, 6) is -0.0230. The minimum absolute atomic E-state index is 0.297. The number of aromatic nitrogens is 4. The second-order valence-corrected chi connectivity index (χ2v) is 4.61. The highest BCUT2D eigenvalue weighted by Gasteiger charge is 2.17. The van der Waals surface area contributed by atoms with E-state index in [-0.39, 0.29) is 0 Å². The molecule has 0 saturated heterocycles. The van der Waals surface area contributed by atoms with Gasteiger partial charge in [0, 0.05) is 12.4 Å². The summed E-state index contributed by atoms with van der Waals surface area (Å²) in [7, 11) is 0. The van der Waals surface area contributed by atoms with Gasteiger partial charge in [-0.05, 0) is 18.4 Å². The third-order valence-electron chi connectivity index (χ3n) is 2.50. The predicted octanol–water partition coefficient (Wildman–Crippen LogP) is 2.05. The van der Waals surface area contributed by atoms with Crippen LogP contribution in [0.4, 0.5) is 0 Å². The van der Waals surface area contributed by atoms with Crippen LogP contribution in [-0.2, 0) is 4.74 Å². The lowest BCUT2D eigenvalue weighted by Crippen LogP contribution is -2.10. The van der Waals surface area contributed by atoms with Crippen LogP contribution in [0.5, 0.6) is 0 Å². The SMILES string of the molecule is CCOC(=O)c1nc(-n2ccnc2)nc2ccsc12. The van der Waals surface area contributed by atoms with Crippen molar-refractivity contribution in [1.82, 2.24) is 19.5 Å². The molecule has 7 heteroatoms. The van der Waals surface area contributed by atoms with Gasteiger partial charge in [-0.1, -0.05) is 0 Å². The second kappa shape index (κ2) is 4.77. The van der Waals surface area contributed by atoms with Crippen molar-refractivity contribution < 1.29 is 9.53 Å². The van der Waals surface area contributed by atoms with Crippen molar-refractivity contribution in [2.24, 2.45) is 0 Å². The molecule has 6 nitrogen and oxygen atoms in total. The Bertz CT molecular complexity index is 720. The van der Waals surface area contributed by atoms with E-state index in [1.807, 2.05) is 11.4 Å². The van der Waals surface area contributed by atoms with E-state index in [1.165, 1.54) is 11.3 Å². The first-order valence-electron chi connectivity index (χ1n) is 5.70. The highest BCUT2D eigenvalue weighted by molar-refractivity contribution is 7.17. The fraction of sp³-hybridized carbons (Fsp3) is 0.167. The Hall–Kier alpha value is -2.28. The number of imidazole rings is 1. The number of carbonyl (C=O) groups excluding carboxylic acids is 1. The highest BCUT2D eigenvalue weighted by atomic mass is 32.1. The van der Waals surface area contributed by atoms with Gasteiger partial charge in [0.05, 0.1) is 16.8 Å². The smallest absolute Gasteiger partial charge is 0.358 e. The number of hydrogen-bond donors (Lipinski definition) is 0. The van der Waals surface area contributed by atoms with Crippen LogP contribution in [-0.4, -0.2) is 32.1 Å². The molecule has 3 rings (SSSR count). The number of esters is 1. The summed E-state index contributed by atoms with van der Waals surface area (Å²) >= 11 is 1.42. The van der Waals surface area contributed by atoms with E-state index < -0.39 is 5.97 Å². The maximum Gasteiger partial charge on any atom is 0.358 e. The molecule has 0 atom stereocenters. The van der Waals surface area contributed by atoms with Crippen molar-refractivity contribution in [1.29, 1.82) is 0 Å². The summed E-state index contributed by atoms with van der Waals surface area (Å²) < 4.78 is 7.42. The van der Waals surface area contributed by atoms with Gasteiger partial charge < -0.3 is 4.74 Å². The standard InChI is InChI=1S/C12H10N4O2S/c1-2-18-11(17)9-10-8(3-6-19-10)14-12(15-9)16-5-4-13-7-16/h3-7H,2H2,1H3. The monoisotopic (exact) mass is 274 g/mol. The van der Waals surface area contributed by atoms with Crippen LogP contribution in [0.15, 0.2) is 30.2 Å². The fourth-order valence-electron chi connectivity index (χ4n) is 1.68. The Morgan fingerprint density at radius 3 is 3.11 bits per heavy atom. The van der Waals surface area contributed by atoms with Gasteiger partial charge in [-0.25, -0.2) is 19.7 Å². The lowest BCUT2D eigenvalue weighted by Gasteiger charge is -2.05. The third kappa shape index (κ3) is 2.08. The number of nitrogens with zero attached hydrogens (tertiary/aromatic N) is 4. The first-order chi connectivity index (χ1) is 9.29. The predicted molar refractivity (Wildman–Crippen MR) is 70.5 cm³/mol. The van der Waals surface area contributed by atoms with Crippen LogP contribution in [0.3, 0.4) is 0 Å². The van der Waals surface area contributed by atoms with Gasteiger partial charge in [-0.2, -0.15) is 0 Å². The molecular formula is C12H10N4O2S. The number of rotatable bonds is 3. The van der Waals surface area contributed by atoms with E-state index in [9.17, 15) is 4.79 Å². The number of ether oxygens (including phenoxy) is 1. The van der Waals surface area contributed by atoms with Crippen molar-refractivity contribution >= 4 is 27.5 Å². The van der Waals surface area contributed by atoms with Crippen molar-refractivity contribution in [3.63, 3.8) is 0 Å². The lowest BCUT2D eigenvalue weighted by molar-refractivity contribution is 0.0522. The third-order valence-corrected chi connectivity index (χ3v) is 3.41. The minimum atomic E-state index is -0.432. The number of hydrogen-bond acceptors (Lipinski definition) is 6. The van der Waals surface area contributed by atoms with Crippen LogP contribution in [0.2, 0.25) is 0 Å². The molecule has 19 heavy (non-hydrogen) atoms. The van der Waals surface area contributed by atoms with E-state index in [4.69, 9.17) is 4.74 Å². The molecule has 3 heterocycles. The fourth-order valence-corrected chi connectivity index (χ4v) is 2.49. The summed E-state index contributed by atoms with van der Waals surface area (Å²) in [6.45, 7) is 2.08. The summed E-state index contributed by atoms with van der Waals surface area (Å²) in [4.78, 5) is 24.6. The Balaban J connectivity index is 2.18. The van der Waals surface area contributed by atoms with E-state index in [2.05, 4.69) is 15.0 Å². The molecule has 0 N–H and O–H groups in total. The molecule has 0 saturated carbocycles. The maximum absolute atomic E-state index is 11.9. The van der Waals surface area contributed by atoms with Crippen molar-refractivity contribution in [2.75, 3.05) is 6.61 Å². The number of fused-ring (bicyclic) bond motifs is 1. The van der Waals surface area contributed by atoms with E-state index in [0.29, 0.717) is 18.2 Å². The van der Waals surface area contributed by atoms with Crippen molar-refractivity contribution in [3.05, 3.63) is 35.9 Å². The molecule has 0 aliphatic heterocycles. The normalized spacial score (nSPS) is 10.8. The van der Waals surface area contributed by atoms with Gasteiger partial charge in [0.25, 0.3) is 0 Å². The molecule has 0 fully saturated rings. The molecule has 0 bridgehead atoms. The average Bonchev–Trinajstić information content (AvgIpc) is 3.08. The Morgan fingerprint density at radius 2 is 2.37 bits per heavy atom. The van der Waals surface area contributed by atoms with Gasteiger partial charge in [-0.3, -0.25) is 4.57 Å². The largest absolute Gasteiger partial charge is 0.461 e. The minimum Gasteiger partial charge on any atom is -0.461 e. The van der Waals surface area contributed by atoms with Gasteiger partial charge >= 0.3 is 5.97 Å². The first kappa shape index (κ1) is 11.8. The van der Waals surface area contributed by atoms with Crippen LogP contribution in [0, 0.1) is 0 Å². The molecule has 3 aromatic heterocycles. The van der Waals surface area contributed by atoms with Gasteiger partial charge in [0.15, 0.2) is 5.69 Å². The van der Waals surface area contributed by atoms with E-state index in [1.54, 1.807) is 30.2 Å². The molecule has 0 amide bonds. The first-order valence-corrected chi connectivity index (χ1v) is 6.58. The van der Waals surface area contributed by atoms with Crippen LogP contribution >= 0.6 is 11.3 Å². The molecule has 0 unspecified atom stereocenters. The highest BCUT2D eigenvalue weighted by Crippen LogP contribution is 2.23. The molecule has 0 spiro atoms. The Morgan fingerprint density at radius 1 is 1.47 bits per heavy atom. The number of carbonyl (C=O) groups is 1. The second-order valence-electron chi connectivity index (χ2n) is 3.70. The van der Waals surface area contributed by atoms with Gasteiger partial charge in [0.1, 0.15) is 6.33 Å². The zero-order chi connectivity index (χ0) is 13.2. The topological polar surface area (TPSA) is 69.9 Å². The summed E-state index contributed by atoms with van der Waals surface area (Å²) in [5, 5.41) is 1.87. The van der Waals surface area contributed by atoms with Crippen molar-refractivity contribution in [2.45, 2.75) is 6.92 Å². The Labute approximate surface area is 112 Å². The molecule has 3 aromatic rings. The molecule has 0 aromatic carbocycles. The molecule has 96 valence electrons. The number of thiophene rings is 1. The van der Waals surface area contributed by atoms with E-state index >= 15 is 0 Å². The van der Waals surface area contributed by atoms with Crippen LogP contribution < -0.4 is 0 Å². The molecule has 0 radical (unpaired) electrons.